The first-order valence-electron chi connectivity index (χ1n) is 9.69. The summed E-state index contributed by atoms with van der Waals surface area (Å²) in [4.78, 5) is 18.0. The maximum absolute atomic E-state index is 13.8. The molecule has 3 aromatic rings. The SMILES string of the molecule is COc1ccc(CN(C(=O)c2cc3c(C)cc(F)cc3[nH]2)[C@@H]2CCS(=O)(=O)C2)cc1. The predicted molar refractivity (Wildman–Crippen MR) is 113 cm³/mol. The Morgan fingerprint density at radius 3 is 2.60 bits per heavy atom. The highest BCUT2D eigenvalue weighted by Crippen LogP contribution is 2.26. The average Bonchev–Trinajstić information content (AvgIpc) is 3.29. The Kier molecular flexibility index (Phi) is 5.27. The van der Waals surface area contributed by atoms with Gasteiger partial charge in [-0.15, -0.1) is 0 Å². The predicted octanol–water partition coefficient (Wildman–Crippen LogP) is 3.45. The van der Waals surface area contributed by atoms with Crippen LogP contribution in [0.25, 0.3) is 10.9 Å². The first-order valence-corrected chi connectivity index (χ1v) is 11.5. The van der Waals surface area contributed by atoms with E-state index in [0.717, 1.165) is 16.5 Å². The normalized spacial score (nSPS) is 17.9. The molecule has 0 unspecified atom stereocenters. The van der Waals surface area contributed by atoms with Crippen LogP contribution in [0.2, 0.25) is 0 Å². The third kappa shape index (κ3) is 4.05. The van der Waals surface area contributed by atoms with Gasteiger partial charge in [-0.3, -0.25) is 4.79 Å². The van der Waals surface area contributed by atoms with Crippen LogP contribution in [-0.4, -0.2) is 48.9 Å². The second-order valence-corrected chi connectivity index (χ2v) is 9.93. The van der Waals surface area contributed by atoms with Crippen LogP contribution in [0.3, 0.4) is 0 Å². The minimum absolute atomic E-state index is 0.0528. The first kappa shape index (κ1) is 20.4. The van der Waals surface area contributed by atoms with Gasteiger partial charge in [0, 0.05) is 23.5 Å². The standard InChI is InChI=1S/C22H23FN2O4S/c1-14-9-16(23)10-20-19(14)11-21(24-20)22(26)25(17-7-8-30(27,28)13-17)12-15-3-5-18(29-2)6-4-15/h3-6,9-11,17,24H,7-8,12-13H2,1-2H3/t17-/m1/s1. The number of H-pyrrole nitrogens is 1. The second-order valence-electron chi connectivity index (χ2n) is 7.70. The number of sulfone groups is 1. The largest absolute Gasteiger partial charge is 0.497 e. The molecule has 6 nitrogen and oxygen atoms in total. The maximum Gasteiger partial charge on any atom is 0.270 e. The lowest BCUT2D eigenvalue weighted by molar-refractivity contribution is 0.0676. The van der Waals surface area contributed by atoms with Crippen molar-refractivity contribution in [2.24, 2.45) is 0 Å². The number of aromatic nitrogens is 1. The Hall–Kier alpha value is -2.87. The number of ether oxygens (including phenoxy) is 1. The number of amides is 1. The fourth-order valence-electron chi connectivity index (χ4n) is 3.96. The Morgan fingerprint density at radius 1 is 1.23 bits per heavy atom. The zero-order valence-corrected chi connectivity index (χ0v) is 17.6. The van der Waals surface area contributed by atoms with Gasteiger partial charge in [0.05, 0.1) is 18.6 Å². The van der Waals surface area contributed by atoms with E-state index in [1.165, 1.54) is 12.1 Å². The molecular weight excluding hydrogens is 407 g/mol. The molecule has 4 rings (SSSR count). The summed E-state index contributed by atoms with van der Waals surface area (Å²) in [5, 5.41) is 0.767. The number of aryl methyl sites for hydroxylation is 1. The average molecular weight is 431 g/mol. The molecule has 0 aliphatic carbocycles. The van der Waals surface area contributed by atoms with Crippen LogP contribution in [0.1, 0.15) is 28.0 Å². The highest BCUT2D eigenvalue weighted by atomic mass is 32.2. The van der Waals surface area contributed by atoms with E-state index in [1.807, 2.05) is 12.1 Å². The number of methoxy groups -OCH3 is 1. The highest BCUT2D eigenvalue weighted by Gasteiger charge is 2.35. The number of rotatable bonds is 5. The number of hydrogen-bond acceptors (Lipinski definition) is 4. The molecule has 1 amide bonds. The van der Waals surface area contributed by atoms with Crippen LogP contribution in [0, 0.1) is 12.7 Å². The number of hydrogen-bond donors (Lipinski definition) is 1. The van der Waals surface area contributed by atoms with E-state index in [0.29, 0.717) is 23.4 Å². The van der Waals surface area contributed by atoms with Gasteiger partial charge in [0.1, 0.15) is 17.3 Å². The van der Waals surface area contributed by atoms with Crippen molar-refractivity contribution < 1.29 is 22.3 Å². The van der Waals surface area contributed by atoms with Gasteiger partial charge in [0.15, 0.2) is 9.84 Å². The number of nitrogens with zero attached hydrogens (tertiary/aromatic N) is 1. The minimum Gasteiger partial charge on any atom is -0.497 e. The van der Waals surface area contributed by atoms with E-state index in [-0.39, 0.29) is 29.8 Å². The number of fused-ring (bicyclic) bond motifs is 1. The van der Waals surface area contributed by atoms with Crippen molar-refractivity contribution in [1.29, 1.82) is 0 Å². The highest BCUT2D eigenvalue weighted by molar-refractivity contribution is 7.91. The van der Waals surface area contributed by atoms with Crippen LogP contribution in [-0.2, 0) is 16.4 Å². The van der Waals surface area contributed by atoms with Crippen molar-refractivity contribution in [1.82, 2.24) is 9.88 Å². The molecule has 8 heteroatoms. The molecule has 0 saturated carbocycles. The van der Waals surface area contributed by atoms with Crippen molar-refractivity contribution in [3.05, 3.63) is 65.1 Å². The van der Waals surface area contributed by atoms with E-state index in [9.17, 15) is 17.6 Å². The monoisotopic (exact) mass is 430 g/mol. The van der Waals surface area contributed by atoms with Gasteiger partial charge in [0.25, 0.3) is 5.91 Å². The van der Waals surface area contributed by atoms with Gasteiger partial charge in [-0.25, -0.2) is 12.8 Å². The second kappa shape index (κ2) is 7.75. The summed E-state index contributed by atoms with van der Waals surface area (Å²) in [7, 11) is -1.59. The van der Waals surface area contributed by atoms with Gasteiger partial charge in [-0.2, -0.15) is 0 Å². The van der Waals surface area contributed by atoms with Gasteiger partial charge >= 0.3 is 0 Å². The Bertz CT molecular complexity index is 1200. The summed E-state index contributed by atoms with van der Waals surface area (Å²) in [6.45, 7) is 2.05. The van der Waals surface area contributed by atoms with E-state index >= 15 is 0 Å². The van der Waals surface area contributed by atoms with Crippen molar-refractivity contribution in [3.8, 4) is 5.75 Å². The lowest BCUT2D eigenvalue weighted by Gasteiger charge is -2.28. The third-order valence-electron chi connectivity index (χ3n) is 5.56. The van der Waals surface area contributed by atoms with Gasteiger partial charge < -0.3 is 14.6 Å². The summed E-state index contributed by atoms with van der Waals surface area (Å²) in [6, 6.07) is 11.4. The topological polar surface area (TPSA) is 79.5 Å². The lowest BCUT2D eigenvalue weighted by Crippen LogP contribution is -2.40. The van der Waals surface area contributed by atoms with E-state index in [1.54, 1.807) is 37.1 Å². The lowest BCUT2D eigenvalue weighted by atomic mass is 10.1. The van der Waals surface area contributed by atoms with Crippen molar-refractivity contribution in [3.63, 3.8) is 0 Å². The van der Waals surface area contributed by atoms with E-state index < -0.39 is 15.9 Å². The Balaban J connectivity index is 1.69. The zero-order valence-electron chi connectivity index (χ0n) is 16.8. The summed E-state index contributed by atoms with van der Waals surface area (Å²) in [6.07, 6.45) is 0.401. The number of aromatic amines is 1. The molecule has 30 heavy (non-hydrogen) atoms. The minimum atomic E-state index is -3.17. The van der Waals surface area contributed by atoms with Crippen LogP contribution in [0.5, 0.6) is 5.75 Å². The van der Waals surface area contributed by atoms with Crippen LogP contribution in [0.15, 0.2) is 42.5 Å². The molecule has 1 saturated heterocycles. The summed E-state index contributed by atoms with van der Waals surface area (Å²) >= 11 is 0. The van der Waals surface area contributed by atoms with Crippen molar-refractivity contribution in [2.45, 2.75) is 25.9 Å². The molecule has 0 bridgehead atoms. The number of carbonyl (C=O) groups is 1. The molecule has 0 spiro atoms. The number of nitrogens with one attached hydrogen (secondary N) is 1. The molecule has 1 aliphatic heterocycles. The number of carbonyl (C=O) groups excluding carboxylic acids is 1. The fraction of sp³-hybridized carbons (Fsp3) is 0.318. The zero-order chi connectivity index (χ0) is 21.5. The Labute approximate surface area is 174 Å². The number of halogens is 1. The van der Waals surface area contributed by atoms with Gasteiger partial charge in [-0.1, -0.05) is 12.1 Å². The molecule has 158 valence electrons. The summed E-state index contributed by atoms with van der Waals surface area (Å²) < 4.78 is 43.1. The van der Waals surface area contributed by atoms with Crippen molar-refractivity contribution >= 4 is 26.6 Å². The Morgan fingerprint density at radius 2 is 1.97 bits per heavy atom. The summed E-state index contributed by atoms with van der Waals surface area (Å²) in [5.41, 5.74) is 2.45. The van der Waals surface area contributed by atoms with Crippen LogP contribution < -0.4 is 4.74 Å². The molecule has 1 atom stereocenters. The molecule has 2 aromatic carbocycles. The van der Waals surface area contributed by atoms with Crippen LogP contribution >= 0.6 is 0 Å². The molecule has 1 aromatic heterocycles. The first-order chi connectivity index (χ1) is 14.3. The van der Waals surface area contributed by atoms with Gasteiger partial charge in [0.2, 0.25) is 0 Å². The third-order valence-corrected chi connectivity index (χ3v) is 7.31. The number of benzene rings is 2. The maximum atomic E-state index is 13.8. The van der Waals surface area contributed by atoms with Crippen molar-refractivity contribution in [2.75, 3.05) is 18.6 Å². The van der Waals surface area contributed by atoms with E-state index in [4.69, 9.17) is 4.74 Å². The molecular formula is C22H23FN2O4S. The molecule has 2 heterocycles. The molecule has 1 fully saturated rings. The van der Waals surface area contributed by atoms with E-state index in [2.05, 4.69) is 4.98 Å². The van der Waals surface area contributed by atoms with Crippen LogP contribution in [0.4, 0.5) is 4.39 Å². The molecule has 1 aliphatic rings. The fourth-order valence-corrected chi connectivity index (χ4v) is 5.69. The molecule has 0 radical (unpaired) electrons. The van der Waals surface area contributed by atoms with Gasteiger partial charge in [-0.05, 0) is 54.8 Å². The quantitative estimate of drug-likeness (QED) is 0.672. The summed E-state index contributed by atoms with van der Waals surface area (Å²) in [5.74, 6) is 0.0408. The smallest absolute Gasteiger partial charge is 0.270 e. The molecule has 1 N–H and O–H groups in total.